The fraction of sp³-hybridized carbons (Fsp3) is 0.455. The molecule has 0 aliphatic rings. The second-order valence-electron chi connectivity index (χ2n) is 3.96. The van der Waals surface area contributed by atoms with E-state index < -0.39 is 0 Å². The molecule has 0 bridgehead atoms. The highest BCUT2D eigenvalue weighted by atomic mass is 16.2. The van der Waals surface area contributed by atoms with Crippen molar-refractivity contribution >= 4 is 5.91 Å². The zero-order valence-electron chi connectivity index (χ0n) is 10.4. The summed E-state index contributed by atoms with van der Waals surface area (Å²) in [5.74, 6) is 1.01. The zero-order valence-corrected chi connectivity index (χ0v) is 10.4. The Morgan fingerprint density at radius 3 is 2.53 bits per heavy atom. The predicted molar refractivity (Wildman–Crippen MR) is 62.3 cm³/mol. The summed E-state index contributed by atoms with van der Waals surface area (Å²) in [6.07, 6.45) is 0.659. The molecule has 0 spiro atoms. The summed E-state index contributed by atoms with van der Waals surface area (Å²) in [7, 11) is 0. The highest BCUT2D eigenvalue weighted by molar-refractivity contribution is 5.78. The van der Waals surface area contributed by atoms with Gasteiger partial charge in [0, 0.05) is 19.0 Å². The minimum Gasteiger partial charge on any atom is -0.274 e. The van der Waals surface area contributed by atoms with Gasteiger partial charge < -0.3 is 0 Å². The number of aromatic nitrogens is 5. The maximum Gasteiger partial charge on any atom is 0.259 e. The van der Waals surface area contributed by atoms with Gasteiger partial charge in [0.15, 0.2) is 0 Å². The first-order valence-electron chi connectivity index (χ1n) is 5.53. The summed E-state index contributed by atoms with van der Waals surface area (Å²) in [6, 6.07) is 1.94. The van der Waals surface area contributed by atoms with Gasteiger partial charge in [-0.3, -0.25) is 4.79 Å². The van der Waals surface area contributed by atoms with Crippen LogP contribution >= 0.6 is 0 Å². The number of nitrogens with zero attached hydrogens (tertiary/aromatic N) is 5. The maximum atomic E-state index is 11.6. The molecule has 0 unspecified atom stereocenters. The van der Waals surface area contributed by atoms with Crippen molar-refractivity contribution in [2.45, 2.75) is 34.1 Å². The number of rotatable bonds is 2. The maximum absolute atomic E-state index is 11.6. The van der Waals surface area contributed by atoms with Crippen LogP contribution in [0.4, 0.5) is 0 Å². The molecule has 0 fully saturated rings. The fourth-order valence-electron chi connectivity index (χ4n) is 1.83. The van der Waals surface area contributed by atoms with E-state index in [1.54, 1.807) is 4.68 Å². The van der Waals surface area contributed by atoms with E-state index in [1.165, 1.54) is 11.5 Å². The molecule has 6 heteroatoms. The molecule has 0 N–H and O–H groups in total. The van der Waals surface area contributed by atoms with Crippen LogP contribution in [-0.4, -0.2) is 30.5 Å². The molecular weight excluding hydrogens is 218 g/mol. The van der Waals surface area contributed by atoms with E-state index in [2.05, 4.69) is 15.3 Å². The second kappa shape index (κ2) is 4.12. The summed E-state index contributed by atoms with van der Waals surface area (Å²) < 4.78 is 3.14. The van der Waals surface area contributed by atoms with Gasteiger partial charge in [-0.15, -0.1) is 10.2 Å². The summed E-state index contributed by atoms with van der Waals surface area (Å²) in [5, 5.41) is 12.4. The first-order chi connectivity index (χ1) is 8.04. The minimum absolute atomic E-state index is 0.102. The molecule has 0 atom stereocenters. The normalized spacial score (nSPS) is 10.8. The molecule has 2 heterocycles. The molecule has 0 aromatic carbocycles. The number of carbonyl (C=O) groups is 1. The largest absolute Gasteiger partial charge is 0.274 e. The van der Waals surface area contributed by atoms with Crippen LogP contribution in [0.15, 0.2) is 6.07 Å². The van der Waals surface area contributed by atoms with E-state index in [4.69, 9.17) is 0 Å². The summed E-state index contributed by atoms with van der Waals surface area (Å²) >= 11 is 0. The van der Waals surface area contributed by atoms with E-state index in [-0.39, 0.29) is 5.91 Å². The number of hydrogen-bond donors (Lipinski definition) is 0. The summed E-state index contributed by atoms with van der Waals surface area (Å²) in [5.41, 5.74) is 1.82. The van der Waals surface area contributed by atoms with Crippen LogP contribution in [0.25, 0.3) is 5.95 Å². The van der Waals surface area contributed by atoms with Gasteiger partial charge in [-0.05, 0) is 19.9 Å². The van der Waals surface area contributed by atoms with Crippen molar-refractivity contribution in [3.05, 3.63) is 23.3 Å². The molecule has 0 aliphatic carbocycles. The molecule has 0 saturated heterocycles. The average Bonchev–Trinajstić information content (AvgIpc) is 2.80. The summed E-state index contributed by atoms with van der Waals surface area (Å²) in [4.78, 5) is 11.6. The number of aryl methyl sites for hydroxylation is 3. The molecule has 0 amide bonds. The second-order valence-corrected chi connectivity index (χ2v) is 3.96. The fourth-order valence-corrected chi connectivity index (χ4v) is 1.83. The van der Waals surface area contributed by atoms with Gasteiger partial charge in [0.1, 0.15) is 5.82 Å². The van der Waals surface area contributed by atoms with Crippen LogP contribution in [0.2, 0.25) is 0 Å². The van der Waals surface area contributed by atoms with E-state index in [0.717, 1.165) is 11.4 Å². The van der Waals surface area contributed by atoms with Crippen molar-refractivity contribution in [3.8, 4) is 5.95 Å². The first-order valence-corrected chi connectivity index (χ1v) is 5.53. The lowest BCUT2D eigenvalue weighted by atomic mass is 10.4. The van der Waals surface area contributed by atoms with Crippen LogP contribution < -0.4 is 0 Å². The lowest BCUT2D eigenvalue weighted by molar-refractivity contribution is 0.0932. The topological polar surface area (TPSA) is 65.6 Å². The Labute approximate surface area is 99.3 Å². The highest BCUT2D eigenvalue weighted by Gasteiger charge is 2.17. The molecule has 2 rings (SSSR count). The Kier molecular flexibility index (Phi) is 2.79. The Morgan fingerprint density at radius 1 is 1.35 bits per heavy atom. The predicted octanol–water partition coefficient (Wildman–Crippen LogP) is 1.30. The first kappa shape index (κ1) is 11.5. The lowest BCUT2D eigenvalue weighted by Gasteiger charge is -2.05. The van der Waals surface area contributed by atoms with Crippen LogP contribution in [0.5, 0.6) is 0 Å². The van der Waals surface area contributed by atoms with Crippen molar-refractivity contribution in [1.29, 1.82) is 0 Å². The van der Waals surface area contributed by atoms with E-state index in [0.29, 0.717) is 18.2 Å². The standard InChI is InChI=1S/C11H15N5O/c1-5-10-12-13-11(15(10)9(4)17)16-8(3)6-7(2)14-16/h6H,5H2,1-4H3. The van der Waals surface area contributed by atoms with Crippen molar-refractivity contribution in [3.63, 3.8) is 0 Å². The minimum atomic E-state index is -0.102. The monoisotopic (exact) mass is 233 g/mol. The Hall–Kier alpha value is -1.98. The van der Waals surface area contributed by atoms with Crippen molar-refractivity contribution in [1.82, 2.24) is 24.5 Å². The van der Waals surface area contributed by atoms with Crippen LogP contribution in [-0.2, 0) is 6.42 Å². The van der Waals surface area contributed by atoms with Crippen LogP contribution in [0, 0.1) is 13.8 Å². The quantitative estimate of drug-likeness (QED) is 0.784. The molecule has 0 saturated carbocycles. The molecule has 2 aromatic rings. The molecule has 2 aromatic heterocycles. The third-order valence-corrected chi connectivity index (χ3v) is 2.54. The molecule has 90 valence electrons. The van der Waals surface area contributed by atoms with Crippen molar-refractivity contribution < 1.29 is 4.79 Å². The smallest absolute Gasteiger partial charge is 0.259 e. The van der Waals surface area contributed by atoms with Gasteiger partial charge in [0.2, 0.25) is 5.91 Å². The van der Waals surface area contributed by atoms with Crippen LogP contribution in [0.1, 0.15) is 35.9 Å². The van der Waals surface area contributed by atoms with Gasteiger partial charge >= 0.3 is 0 Å². The number of carbonyl (C=O) groups excluding carboxylic acids is 1. The molecule has 6 nitrogen and oxygen atoms in total. The Bertz CT molecular complexity index is 566. The van der Waals surface area contributed by atoms with Gasteiger partial charge in [-0.1, -0.05) is 6.92 Å². The third kappa shape index (κ3) is 1.86. The molecule has 0 aliphatic heterocycles. The van der Waals surface area contributed by atoms with E-state index in [9.17, 15) is 4.79 Å². The van der Waals surface area contributed by atoms with Crippen molar-refractivity contribution in [2.24, 2.45) is 0 Å². The molecule has 0 radical (unpaired) electrons. The van der Waals surface area contributed by atoms with E-state index in [1.807, 2.05) is 26.8 Å². The average molecular weight is 233 g/mol. The zero-order chi connectivity index (χ0) is 12.6. The van der Waals surface area contributed by atoms with E-state index >= 15 is 0 Å². The number of hydrogen-bond acceptors (Lipinski definition) is 4. The van der Waals surface area contributed by atoms with Gasteiger partial charge in [-0.2, -0.15) is 5.10 Å². The summed E-state index contributed by atoms with van der Waals surface area (Å²) in [6.45, 7) is 7.26. The SMILES string of the molecule is CCc1nnc(-n2nc(C)cc2C)n1C(C)=O. The lowest BCUT2D eigenvalue weighted by Crippen LogP contribution is -2.16. The Morgan fingerprint density at radius 2 is 2.06 bits per heavy atom. The van der Waals surface area contributed by atoms with Crippen molar-refractivity contribution in [2.75, 3.05) is 0 Å². The van der Waals surface area contributed by atoms with Gasteiger partial charge in [-0.25, -0.2) is 9.25 Å². The highest BCUT2D eigenvalue weighted by Crippen LogP contribution is 2.12. The molecule has 17 heavy (non-hydrogen) atoms. The van der Waals surface area contributed by atoms with Gasteiger partial charge in [0.25, 0.3) is 5.95 Å². The van der Waals surface area contributed by atoms with Crippen LogP contribution in [0.3, 0.4) is 0 Å². The van der Waals surface area contributed by atoms with Gasteiger partial charge in [0.05, 0.1) is 5.69 Å². The third-order valence-electron chi connectivity index (χ3n) is 2.54. The molecular formula is C11H15N5O. The Balaban J connectivity index is 2.63.